The monoisotopic (exact) mass is 464 g/mol. The first-order chi connectivity index (χ1) is 17.8. The molecule has 6 aromatic rings. The number of benzene rings is 3. The van der Waals surface area contributed by atoms with Crippen molar-refractivity contribution < 1.29 is 4.74 Å². The normalized spacial score (nSPS) is 12.1. The molecule has 36 heavy (non-hydrogen) atoms. The Balaban J connectivity index is 1.46. The Kier molecular flexibility index (Phi) is 4.71. The number of ether oxygens (including phenoxy) is 1. The summed E-state index contributed by atoms with van der Waals surface area (Å²) in [6.07, 6.45) is 1.78. The molecule has 0 saturated carbocycles. The standard InChI is InChI=1S/C31H20N4O/c1-2-10-21(11-3-1)23-13-8-12-22-20-28-31(34-30(22)23)35(26-16-4-5-17-27(26)36-28)29-18-9-15-25(33-29)24-14-6-7-19-32-24/h1-20H. The van der Waals surface area contributed by atoms with Gasteiger partial charge >= 0.3 is 0 Å². The van der Waals surface area contributed by atoms with Crippen LogP contribution in [-0.2, 0) is 0 Å². The summed E-state index contributed by atoms with van der Waals surface area (Å²) in [6.45, 7) is 0. The van der Waals surface area contributed by atoms with E-state index in [9.17, 15) is 0 Å². The molecule has 0 atom stereocenters. The van der Waals surface area contributed by atoms with E-state index in [0.29, 0.717) is 11.6 Å². The molecule has 5 nitrogen and oxygen atoms in total. The van der Waals surface area contributed by atoms with E-state index < -0.39 is 0 Å². The second-order valence-electron chi connectivity index (χ2n) is 8.55. The highest BCUT2D eigenvalue weighted by Gasteiger charge is 2.29. The molecule has 0 fully saturated rings. The molecule has 3 aromatic carbocycles. The van der Waals surface area contributed by atoms with Crippen LogP contribution in [-0.4, -0.2) is 15.0 Å². The molecule has 1 aliphatic heterocycles. The second kappa shape index (κ2) is 8.32. The molecule has 170 valence electrons. The third kappa shape index (κ3) is 3.37. The Morgan fingerprint density at radius 1 is 0.611 bits per heavy atom. The number of anilines is 3. The van der Waals surface area contributed by atoms with E-state index in [1.165, 1.54) is 0 Å². The summed E-state index contributed by atoms with van der Waals surface area (Å²) in [7, 11) is 0. The summed E-state index contributed by atoms with van der Waals surface area (Å²) in [6, 6.07) is 38.4. The molecular formula is C31H20N4O. The quantitative estimate of drug-likeness (QED) is 0.266. The number of rotatable bonds is 3. The van der Waals surface area contributed by atoms with E-state index in [4.69, 9.17) is 14.7 Å². The Morgan fingerprint density at radius 2 is 1.42 bits per heavy atom. The van der Waals surface area contributed by atoms with Gasteiger partial charge in [-0.1, -0.05) is 72.8 Å². The van der Waals surface area contributed by atoms with E-state index in [1.54, 1.807) is 6.20 Å². The lowest BCUT2D eigenvalue weighted by molar-refractivity contribution is 0.475. The van der Waals surface area contributed by atoms with Crippen LogP contribution in [0.2, 0.25) is 0 Å². The minimum atomic E-state index is 0.691. The maximum Gasteiger partial charge on any atom is 0.183 e. The molecule has 0 amide bonds. The molecular weight excluding hydrogens is 444 g/mol. The van der Waals surface area contributed by atoms with Crippen molar-refractivity contribution >= 4 is 28.2 Å². The van der Waals surface area contributed by atoms with Gasteiger partial charge in [-0.2, -0.15) is 0 Å². The van der Waals surface area contributed by atoms with Gasteiger partial charge in [-0.3, -0.25) is 9.88 Å². The Labute approximate surface area is 208 Å². The van der Waals surface area contributed by atoms with Gasteiger partial charge < -0.3 is 4.74 Å². The molecule has 7 rings (SSSR count). The van der Waals surface area contributed by atoms with Crippen LogP contribution in [0.5, 0.6) is 11.5 Å². The number of pyridine rings is 3. The summed E-state index contributed by atoms with van der Waals surface area (Å²) in [5.41, 5.74) is 5.61. The van der Waals surface area contributed by atoms with Crippen LogP contribution in [0, 0.1) is 0 Å². The first kappa shape index (κ1) is 20.4. The zero-order valence-corrected chi connectivity index (χ0v) is 19.2. The Hall–Kier alpha value is -5.03. The van der Waals surface area contributed by atoms with Crippen LogP contribution in [0.4, 0.5) is 17.3 Å². The van der Waals surface area contributed by atoms with Gasteiger partial charge in [0.05, 0.1) is 22.6 Å². The number of nitrogens with zero attached hydrogens (tertiary/aromatic N) is 4. The Morgan fingerprint density at radius 3 is 2.31 bits per heavy atom. The van der Waals surface area contributed by atoms with Crippen LogP contribution < -0.4 is 9.64 Å². The Bertz CT molecular complexity index is 1720. The average molecular weight is 465 g/mol. The van der Waals surface area contributed by atoms with E-state index >= 15 is 0 Å². The summed E-state index contributed by atoms with van der Waals surface area (Å²) in [5, 5.41) is 1.02. The predicted molar refractivity (Wildman–Crippen MR) is 143 cm³/mol. The highest BCUT2D eigenvalue weighted by Crippen LogP contribution is 2.50. The van der Waals surface area contributed by atoms with Gasteiger partial charge in [0.2, 0.25) is 0 Å². The summed E-state index contributed by atoms with van der Waals surface area (Å²) in [4.78, 5) is 16.7. The van der Waals surface area contributed by atoms with Crippen molar-refractivity contribution in [2.45, 2.75) is 0 Å². The molecule has 0 radical (unpaired) electrons. The van der Waals surface area contributed by atoms with Crippen molar-refractivity contribution in [1.29, 1.82) is 0 Å². The highest BCUT2D eigenvalue weighted by atomic mass is 16.5. The largest absolute Gasteiger partial charge is 0.451 e. The molecule has 5 heteroatoms. The van der Waals surface area contributed by atoms with Crippen LogP contribution in [0.25, 0.3) is 33.4 Å². The topological polar surface area (TPSA) is 51.1 Å². The minimum Gasteiger partial charge on any atom is -0.451 e. The zero-order chi connectivity index (χ0) is 23.9. The van der Waals surface area contributed by atoms with Gasteiger partial charge in [0.1, 0.15) is 5.82 Å². The SMILES string of the molecule is c1ccc(-c2cccc3cc4c(nc23)N(c2cccc(-c3ccccn3)n2)c2ccccc2O4)cc1. The fourth-order valence-electron chi connectivity index (χ4n) is 4.65. The zero-order valence-electron chi connectivity index (χ0n) is 19.2. The van der Waals surface area contributed by atoms with Crippen LogP contribution in [0.1, 0.15) is 0 Å². The maximum atomic E-state index is 6.35. The first-order valence-electron chi connectivity index (χ1n) is 11.8. The van der Waals surface area contributed by atoms with Gasteiger partial charge in [-0.25, -0.2) is 9.97 Å². The molecule has 0 spiro atoms. The lowest BCUT2D eigenvalue weighted by Crippen LogP contribution is -2.18. The van der Waals surface area contributed by atoms with Crippen molar-refractivity contribution in [3.8, 4) is 34.0 Å². The summed E-state index contributed by atoms with van der Waals surface area (Å²) < 4.78 is 6.35. The van der Waals surface area contributed by atoms with E-state index in [2.05, 4.69) is 46.3 Å². The molecule has 0 aliphatic carbocycles. The number of aromatic nitrogens is 3. The highest BCUT2D eigenvalue weighted by molar-refractivity contribution is 5.97. The second-order valence-corrected chi connectivity index (χ2v) is 8.55. The average Bonchev–Trinajstić information content (AvgIpc) is 2.95. The molecule has 3 aromatic heterocycles. The molecule has 4 heterocycles. The number of hydrogen-bond acceptors (Lipinski definition) is 5. The van der Waals surface area contributed by atoms with Gasteiger partial charge in [-0.05, 0) is 48.0 Å². The van der Waals surface area contributed by atoms with E-state index in [-0.39, 0.29) is 0 Å². The summed E-state index contributed by atoms with van der Waals surface area (Å²) in [5.74, 6) is 2.90. The van der Waals surface area contributed by atoms with Crippen molar-refractivity contribution in [3.05, 3.63) is 121 Å². The molecule has 0 N–H and O–H groups in total. The molecule has 0 unspecified atom stereocenters. The number of hydrogen-bond donors (Lipinski definition) is 0. The lowest BCUT2D eigenvalue weighted by Gasteiger charge is -2.31. The van der Waals surface area contributed by atoms with Crippen LogP contribution in [0.15, 0.2) is 121 Å². The van der Waals surface area contributed by atoms with Gasteiger partial charge in [0, 0.05) is 17.1 Å². The third-order valence-corrected chi connectivity index (χ3v) is 6.31. The van der Waals surface area contributed by atoms with Crippen molar-refractivity contribution in [2.24, 2.45) is 0 Å². The van der Waals surface area contributed by atoms with Crippen molar-refractivity contribution in [1.82, 2.24) is 15.0 Å². The molecule has 1 aliphatic rings. The lowest BCUT2D eigenvalue weighted by atomic mass is 10.0. The molecule has 0 bridgehead atoms. The number of para-hydroxylation sites is 3. The van der Waals surface area contributed by atoms with Gasteiger partial charge in [0.15, 0.2) is 17.3 Å². The third-order valence-electron chi connectivity index (χ3n) is 6.31. The predicted octanol–water partition coefficient (Wildman–Crippen LogP) is 7.93. The van der Waals surface area contributed by atoms with Crippen molar-refractivity contribution in [2.75, 3.05) is 4.90 Å². The van der Waals surface area contributed by atoms with Crippen molar-refractivity contribution in [3.63, 3.8) is 0 Å². The van der Waals surface area contributed by atoms with Crippen LogP contribution in [0.3, 0.4) is 0 Å². The minimum absolute atomic E-state index is 0.691. The first-order valence-corrected chi connectivity index (χ1v) is 11.8. The van der Waals surface area contributed by atoms with E-state index in [0.717, 1.165) is 50.7 Å². The van der Waals surface area contributed by atoms with E-state index in [1.807, 2.05) is 78.9 Å². The maximum absolute atomic E-state index is 6.35. The molecule has 0 saturated heterocycles. The number of fused-ring (bicyclic) bond motifs is 3. The fourth-order valence-corrected chi connectivity index (χ4v) is 4.65. The smallest absolute Gasteiger partial charge is 0.183 e. The summed E-state index contributed by atoms with van der Waals surface area (Å²) >= 11 is 0. The van der Waals surface area contributed by atoms with Gasteiger partial charge in [0.25, 0.3) is 0 Å². The fraction of sp³-hybridized carbons (Fsp3) is 0. The van der Waals surface area contributed by atoms with Gasteiger partial charge in [-0.15, -0.1) is 0 Å². The van der Waals surface area contributed by atoms with Crippen LogP contribution >= 0.6 is 0 Å².